The number of hydrogen-bond donors (Lipinski definition) is 0. The van der Waals surface area contributed by atoms with Crippen molar-refractivity contribution in [2.45, 2.75) is 13.5 Å². The number of halogens is 1. The maximum Gasteiger partial charge on any atom is 0.348 e. The number of anilines is 1. The Hall–Kier alpha value is -3.91. The Kier molecular flexibility index (Phi) is 7.60. The highest BCUT2D eigenvalue weighted by Gasteiger charge is 2.22. The van der Waals surface area contributed by atoms with Gasteiger partial charge in [-0.3, -0.25) is 0 Å². The summed E-state index contributed by atoms with van der Waals surface area (Å²) in [5.74, 6) is 0.211. The molecule has 0 bridgehead atoms. The molecule has 0 radical (unpaired) electrons. The minimum Gasteiger partial charge on any atom is -0.472 e. The molecular weight excluding hydrogens is 528 g/mol. The fourth-order valence-electron chi connectivity index (χ4n) is 4.15. The Labute approximate surface area is 228 Å². The second-order valence-electron chi connectivity index (χ2n) is 8.44. The van der Waals surface area contributed by atoms with E-state index in [9.17, 15) is 10.1 Å². The SMILES string of the molecule is COC(=O)c1cc(COc2nc(-c3ccc(N4CCOCC4)cc3)cc(-c3ncoc3C)c2C#N)c(Cl)s1. The monoisotopic (exact) mass is 550 g/mol. The quantitative estimate of drug-likeness (QED) is 0.275. The van der Waals surface area contributed by atoms with Crippen molar-refractivity contribution in [3.8, 4) is 34.5 Å². The molecule has 4 aromatic rings. The lowest BCUT2D eigenvalue weighted by Gasteiger charge is -2.28. The molecule has 11 heteroatoms. The molecule has 4 heterocycles. The third-order valence-corrected chi connectivity index (χ3v) is 7.57. The first-order valence-electron chi connectivity index (χ1n) is 11.8. The van der Waals surface area contributed by atoms with Crippen molar-refractivity contribution >= 4 is 34.6 Å². The molecule has 1 saturated heterocycles. The van der Waals surface area contributed by atoms with E-state index >= 15 is 0 Å². The molecule has 1 aliphatic heterocycles. The van der Waals surface area contributed by atoms with Crippen LogP contribution >= 0.6 is 22.9 Å². The van der Waals surface area contributed by atoms with E-state index in [-0.39, 0.29) is 18.1 Å². The average molecular weight is 551 g/mol. The zero-order chi connectivity index (χ0) is 26.6. The summed E-state index contributed by atoms with van der Waals surface area (Å²) in [6, 6.07) is 13.7. The topological polar surface area (TPSA) is 111 Å². The van der Waals surface area contributed by atoms with Crippen molar-refractivity contribution in [2.24, 2.45) is 0 Å². The number of thiophene rings is 1. The largest absolute Gasteiger partial charge is 0.472 e. The van der Waals surface area contributed by atoms with Gasteiger partial charge in [0.1, 0.15) is 38.9 Å². The predicted molar refractivity (Wildman–Crippen MR) is 143 cm³/mol. The van der Waals surface area contributed by atoms with Gasteiger partial charge < -0.3 is 23.5 Å². The molecule has 0 aliphatic carbocycles. The van der Waals surface area contributed by atoms with Gasteiger partial charge in [0.25, 0.3) is 0 Å². The molecule has 0 unspecified atom stereocenters. The Morgan fingerprint density at radius 1 is 1.24 bits per heavy atom. The smallest absolute Gasteiger partial charge is 0.348 e. The maximum absolute atomic E-state index is 11.9. The van der Waals surface area contributed by atoms with Crippen molar-refractivity contribution in [2.75, 3.05) is 38.3 Å². The summed E-state index contributed by atoms with van der Waals surface area (Å²) in [5, 5.41) is 10.1. The standard InChI is InChI=1S/C27H23ClN4O5S/c1-16-24(30-15-37-16)20-12-22(17-3-5-19(6-4-17)32-7-9-35-10-8-32)31-26(21(20)13-29)36-14-18-11-23(27(33)34-2)38-25(18)28/h3-6,11-12,15H,7-10,14H2,1-2H3. The first-order valence-corrected chi connectivity index (χ1v) is 13.0. The summed E-state index contributed by atoms with van der Waals surface area (Å²) < 4.78 is 22.1. The van der Waals surface area contributed by atoms with E-state index in [1.165, 1.54) is 13.5 Å². The van der Waals surface area contributed by atoms with Crippen molar-refractivity contribution in [1.29, 1.82) is 5.26 Å². The van der Waals surface area contributed by atoms with Gasteiger partial charge in [-0.15, -0.1) is 11.3 Å². The summed E-state index contributed by atoms with van der Waals surface area (Å²) in [4.78, 5) is 23.5. The molecule has 0 amide bonds. The Morgan fingerprint density at radius 2 is 2.00 bits per heavy atom. The van der Waals surface area contributed by atoms with Crippen LogP contribution in [-0.2, 0) is 16.1 Å². The van der Waals surface area contributed by atoms with Gasteiger partial charge in [0.2, 0.25) is 5.88 Å². The lowest BCUT2D eigenvalue weighted by molar-refractivity contribution is 0.0606. The van der Waals surface area contributed by atoms with Crippen LogP contribution in [0.4, 0.5) is 5.69 Å². The number of morpholine rings is 1. The van der Waals surface area contributed by atoms with Gasteiger partial charge in [-0.05, 0) is 31.2 Å². The van der Waals surface area contributed by atoms with Crippen LogP contribution in [0.25, 0.3) is 22.5 Å². The number of nitriles is 1. The van der Waals surface area contributed by atoms with E-state index in [0.29, 0.717) is 50.7 Å². The van der Waals surface area contributed by atoms with E-state index in [1.54, 1.807) is 13.0 Å². The number of carbonyl (C=O) groups is 1. The fourth-order valence-corrected chi connectivity index (χ4v) is 5.32. The summed E-state index contributed by atoms with van der Waals surface area (Å²) in [6.07, 6.45) is 1.34. The zero-order valence-electron chi connectivity index (χ0n) is 20.7. The molecule has 0 spiro atoms. The molecule has 3 aromatic heterocycles. The maximum atomic E-state index is 11.9. The van der Waals surface area contributed by atoms with Crippen molar-refractivity contribution in [1.82, 2.24) is 9.97 Å². The number of pyridine rings is 1. The van der Waals surface area contributed by atoms with Gasteiger partial charge in [-0.2, -0.15) is 5.26 Å². The minimum absolute atomic E-state index is 0.00463. The van der Waals surface area contributed by atoms with Crippen LogP contribution in [0, 0.1) is 18.3 Å². The number of rotatable bonds is 7. The summed E-state index contributed by atoms with van der Waals surface area (Å²) in [5.41, 5.74) is 4.43. The Bertz CT molecular complexity index is 1500. The number of oxazole rings is 1. The highest BCUT2D eigenvalue weighted by Crippen LogP contribution is 2.36. The van der Waals surface area contributed by atoms with Gasteiger partial charge in [0, 0.05) is 35.5 Å². The number of ether oxygens (including phenoxy) is 3. The number of esters is 1. The zero-order valence-corrected chi connectivity index (χ0v) is 22.3. The highest BCUT2D eigenvalue weighted by atomic mass is 35.5. The molecule has 0 saturated carbocycles. The van der Waals surface area contributed by atoms with Gasteiger partial charge >= 0.3 is 5.97 Å². The van der Waals surface area contributed by atoms with E-state index in [0.717, 1.165) is 35.7 Å². The lowest BCUT2D eigenvalue weighted by atomic mass is 10.0. The number of nitrogens with zero attached hydrogens (tertiary/aromatic N) is 4. The average Bonchev–Trinajstić information content (AvgIpc) is 3.56. The van der Waals surface area contributed by atoms with Crippen LogP contribution in [0.5, 0.6) is 5.88 Å². The minimum atomic E-state index is -0.481. The fraction of sp³-hybridized carbons (Fsp3) is 0.259. The van der Waals surface area contributed by atoms with Crippen LogP contribution in [0.15, 0.2) is 47.2 Å². The third-order valence-electron chi connectivity index (χ3n) is 6.15. The Morgan fingerprint density at radius 3 is 2.66 bits per heavy atom. The predicted octanol–water partition coefficient (Wildman–Crippen LogP) is 5.50. The summed E-state index contributed by atoms with van der Waals surface area (Å²) >= 11 is 7.44. The highest BCUT2D eigenvalue weighted by molar-refractivity contribution is 7.18. The van der Waals surface area contributed by atoms with E-state index in [1.807, 2.05) is 30.3 Å². The number of aryl methyl sites for hydroxylation is 1. The van der Waals surface area contributed by atoms with Crippen LogP contribution < -0.4 is 9.64 Å². The van der Waals surface area contributed by atoms with Gasteiger partial charge in [-0.25, -0.2) is 14.8 Å². The molecular formula is C27H23ClN4O5S. The van der Waals surface area contributed by atoms with Crippen LogP contribution in [-0.4, -0.2) is 49.4 Å². The second-order valence-corrected chi connectivity index (χ2v) is 10.1. The number of hydrogen-bond acceptors (Lipinski definition) is 10. The van der Waals surface area contributed by atoms with E-state index < -0.39 is 5.97 Å². The first-order chi connectivity index (χ1) is 18.5. The molecule has 1 aromatic carbocycles. The number of aromatic nitrogens is 2. The third kappa shape index (κ3) is 5.22. The molecule has 194 valence electrons. The number of carbonyl (C=O) groups excluding carboxylic acids is 1. The van der Waals surface area contributed by atoms with Gasteiger partial charge in [-0.1, -0.05) is 23.7 Å². The Balaban J connectivity index is 1.52. The molecule has 0 N–H and O–H groups in total. The normalized spacial score (nSPS) is 13.3. The van der Waals surface area contributed by atoms with Gasteiger partial charge in [0.15, 0.2) is 6.39 Å². The van der Waals surface area contributed by atoms with E-state index in [2.05, 4.69) is 16.0 Å². The molecule has 5 rings (SSSR count). The summed E-state index contributed by atoms with van der Waals surface area (Å²) in [6.45, 7) is 4.87. The van der Waals surface area contributed by atoms with E-state index in [4.69, 9.17) is 35.2 Å². The molecule has 1 fully saturated rings. The molecule has 9 nitrogen and oxygen atoms in total. The van der Waals surface area contributed by atoms with Crippen molar-refractivity contribution < 1.29 is 23.4 Å². The molecule has 38 heavy (non-hydrogen) atoms. The van der Waals surface area contributed by atoms with Crippen LogP contribution in [0.1, 0.15) is 26.6 Å². The second kappa shape index (κ2) is 11.2. The number of methoxy groups -OCH3 is 1. The summed E-state index contributed by atoms with van der Waals surface area (Å²) in [7, 11) is 1.31. The van der Waals surface area contributed by atoms with Crippen LogP contribution in [0.3, 0.4) is 0 Å². The first kappa shape index (κ1) is 25.7. The van der Waals surface area contributed by atoms with Crippen molar-refractivity contribution in [3.05, 3.63) is 68.9 Å². The lowest BCUT2D eigenvalue weighted by Crippen LogP contribution is -2.36. The van der Waals surface area contributed by atoms with Gasteiger partial charge in [0.05, 0.1) is 26.0 Å². The molecule has 0 atom stereocenters. The molecule has 1 aliphatic rings. The van der Waals surface area contributed by atoms with Crippen LogP contribution in [0.2, 0.25) is 4.34 Å². The number of benzene rings is 1. The van der Waals surface area contributed by atoms with Crippen molar-refractivity contribution in [3.63, 3.8) is 0 Å².